The van der Waals surface area contributed by atoms with Crippen molar-refractivity contribution < 1.29 is 17.9 Å². The van der Waals surface area contributed by atoms with Crippen LogP contribution in [0.2, 0.25) is 0 Å². The molecule has 7 nitrogen and oxygen atoms in total. The lowest BCUT2D eigenvalue weighted by Gasteiger charge is -2.29. The maximum absolute atomic E-state index is 12.5. The number of aromatic nitrogens is 1. The standard InChI is InChI=1S/C16H21N3O4S2/c1-3-23-12-6-7-13-14(9-12)24-16(17-13)18-15(20)11-5-4-8-19(10-11)25(2,21)22/h6-7,9,11H,3-5,8,10H2,1-2H3,(H,17,18,20)/t11-/m1/s1. The van der Waals surface area contributed by atoms with Gasteiger partial charge in [-0.15, -0.1) is 0 Å². The zero-order valence-corrected chi connectivity index (χ0v) is 15.8. The van der Waals surface area contributed by atoms with Crippen LogP contribution in [0.5, 0.6) is 5.75 Å². The molecule has 1 atom stereocenters. The van der Waals surface area contributed by atoms with Gasteiger partial charge in [-0.25, -0.2) is 17.7 Å². The number of rotatable bonds is 5. The molecule has 3 rings (SSSR count). The van der Waals surface area contributed by atoms with Crippen molar-refractivity contribution in [3.8, 4) is 5.75 Å². The Morgan fingerprint density at radius 2 is 2.28 bits per heavy atom. The fraction of sp³-hybridized carbons (Fsp3) is 0.500. The van der Waals surface area contributed by atoms with Crippen LogP contribution in [0.3, 0.4) is 0 Å². The number of fused-ring (bicyclic) bond motifs is 1. The van der Waals surface area contributed by atoms with E-state index < -0.39 is 10.0 Å². The fourth-order valence-corrected chi connectivity index (χ4v) is 4.69. The van der Waals surface area contributed by atoms with Gasteiger partial charge < -0.3 is 10.1 Å². The zero-order chi connectivity index (χ0) is 18.0. The molecule has 9 heteroatoms. The van der Waals surface area contributed by atoms with Crippen LogP contribution < -0.4 is 10.1 Å². The van der Waals surface area contributed by atoms with Gasteiger partial charge in [-0.2, -0.15) is 0 Å². The molecule has 0 saturated carbocycles. The summed E-state index contributed by atoms with van der Waals surface area (Å²) in [5.41, 5.74) is 0.796. The summed E-state index contributed by atoms with van der Waals surface area (Å²) in [4.78, 5) is 16.9. The average Bonchev–Trinajstić information content (AvgIpc) is 2.96. The Morgan fingerprint density at radius 1 is 1.48 bits per heavy atom. The molecule has 0 bridgehead atoms. The summed E-state index contributed by atoms with van der Waals surface area (Å²) >= 11 is 1.38. The number of benzene rings is 1. The number of carbonyl (C=O) groups is 1. The number of piperidine rings is 1. The molecule has 1 fully saturated rings. The molecule has 25 heavy (non-hydrogen) atoms. The first-order valence-corrected chi connectivity index (χ1v) is 10.8. The number of hydrogen-bond acceptors (Lipinski definition) is 6. The minimum Gasteiger partial charge on any atom is -0.494 e. The lowest BCUT2D eigenvalue weighted by atomic mass is 9.99. The van der Waals surface area contributed by atoms with Gasteiger partial charge in [0, 0.05) is 13.1 Å². The van der Waals surface area contributed by atoms with Gasteiger partial charge in [0.15, 0.2) is 5.13 Å². The van der Waals surface area contributed by atoms with E-state index in [4.69, 9.17) is 4.74 Å². The minimum absolute atomic E-state index is 0.183. The quantitative estimate of drug-likeness (QED) is 0.856. The van der Waals surface area contributed by atoms with E-state index in [1.165, 1.54) is 21.9 Å². The number of hydrogen-bond donors (Lipinski definition) is 1. The van der Waals surface area contributed by atoms with Crippen molar-refractivity contribution in [3.63, 3.8) is 0 Å². The van der Waals surface area contributed by atoms with E-state index >= 15 is 0 Å². The second kappa shape index (κ2) is 7.27. The van der Waals surface area contributed by atoms with Crippen LogP contribution in [0.25, 0.3) is 10.2 Å². The highest BCUT2D eigenvalue weighted by molar-refractivity contribution is 7.88. The lowest BCUT2D eigenvalue weighted by molar-refractivity contribution is -0.120. The second-order valence-corrected chi connectivity index (χ2v) is 9.04. The van der Waals surface area contributed by atoms with Crippen LogP contribution >= 0.6 is 11.3 Å². The Bertz CT molecular complexity index is 879. The third-order valence-electron chi connectivity index (χ3n) is 4.12. The molecular formula is C16H21N3O4S2. The van der Waals surface area contributed by atoms with Gasteiger partial charge in [-0.1, -0.05) is 11.3 Å². The molecular weight excluding hydrogens is 362 g/mol. The number of sulfonamides is 1. The third-order valence-corrected chi connectivity index (χ3v) is 6.33. The summed E-state index contributed by atoms with van der Waals surface area (Å²) in [6.07, 6.45) is 2.54. The smallest absolute Gasteiger partial charge is 0.230 e. The average molecular weight is 383 g/mol. The number of amides is 1. The Hall–Kier alpha value is -1.71. The van der Waals surface area contributed by atoms with E-state index in [0.29, 0.717) is 31.1 Å². The number of anilines is 1. The highest BCUT2D eigenvalue weighted by atomic mass is 32.2. The minimum atomic E-state index is -3.27. The predicted molar refractivity (Wildman–Crippen MR) is 98.6 cm³/mol. The molecule has 2 heterocycles. The van der Waals surface area contributed by atoms with Crippen LogP contribution in [0.4, 0.5) is 5.13 Å². The van der Waals surface area contributed by atoms with E-state index in [9.17, 15) is 13.2 Å². The first-order valence-electron chi connectivity index (χ1n) is 8.16. The highest BCUT2D eigenvalue weighted by Gasteiger charge is 2.30. The van der Waals surface area contributed by atoms with E-state index in [-0.39, 0.29) is 18.4 Å². The predicted octanol–water partition coefficient (Wildman–Crippen LogP) is 2.31. The molecule has 0 unspecified atom stereocenters. The topological polar surface area (TPSA) is 88.6 Å². The molecule has 1 aromatic carbocycles. The lowest BCUT2D eigenvalue weighted by Crippen LogP contribution is -2.43. The number of carbonyl (C=O) groups excluding carboxylic acids is 1. The van der Waals surface area contributed by atoms with Crippen LogP contribution in [0.1, 0.15) is 19.8 Å². The summed E-state index contributed by atoms with van der Waals surface area (Å²) in [5, 5.41) is 3.35. The molecule has 1 aromatic heterocycles. The zero-order valence-electron chi connectivity index (χ0n) is 14.2. The van der Waals surface area contributed by atoms with Crippen LogP contribution in [0, 0.1) is 5.92 Å². The monoisotopic (exact) mass is 383 g/mol. The van der Waals surface area contributed by atoms with Gasteiger partial charge in [0.2, 0.25) is 15.9 Å². The van der Waals surface area contributed by atoms with Crippen LogP contribution in [0.15, 0.2) is 18.2 Å². The Balaban J connectivity index is 1.71. The molecule has 0 spiro atoms. The van der Waals surface area contributed by atoms with Crippen LogP contribution in [-0.2, 0) is 14.8 Å². The first-order chi connectivity index (χ1) is 11.9. The SMILES string of the molecule is CCOc1ccc2nc(NC(=O)[C@@H]3CCCN(S(C)(=O)=O)C3)sc2c1. The number of thiazole rings is 1. The van der Waals surface area contributed by atoms with E-state index in [1.807, 2.05) is 25.1 Å². The molecule has 2 aromatic rings. The highest BCUT2D eigenvalue weighted by Crippen LogP contribution is 2.30. The van der Waals surface area contributed by atoms with Crippen molar-refractivity contribution >= 4 is 42.6 Å². The molecule has 1 aliphatic rings. The van der Waals surface area contributed by atoms with E-state index in [2.05, 4.69) is 10.3 Å². The Labute approximate surface area is 151 Å². The van der Waals surface area contributed by atoms with Crippen molar-refractivity contribution in [1.29, 1.82) is 0 Å². The Kier molecular flexibility index (Phi) is 5.26. The van der Waals surface area contributed by atoms with E-state index in [0.717, 1.165) is 16.0 Å². The second-order valence-electron chi connectivity index (χ2n) is 6.03. The molecule has 136 valence electrons. The molecule has 1 aliphatic heterocycles. The first kappa shape index (κ1) is 18.1. The van der Waals surface area contributed by atoms with Gasteiger partial charge in [0.25, 0.3) is 0 Å². The number of ether oxygens (including phenoxy) is 1. The fourth-order valence-electron chi connectivity index (χ4n) is 2.88. The molecule has 1 saturated heterocycles. The van der Waals surface area contributed by atoms with Crippen molar-refractivity contribution in [2.45, 2.75) is 19.8 Å². The molecule has 0 aliphatic carbocycles. The number of nitrogens with zero attached hydrogens (tertiary/aromatic N) is 2. The molecule has 1 N–H and O–H groups in total. The van der Waals surface area contributed by atoms with Crippen molar-refractivity contribution in [2.75, 3.05) is 31.3 Å². The van der Waals surface area contributed by atoms with Crippen LogP contribution in [-0.4, -0.2) is 49.6 Å². The van der Waals surface area contributed by atoms with Crippen molar-refractivity contribution in [3.05, 3.63) is 18.2 Å². The maximum atomic E-state index is 12.5. The summed E-state index contributed by atoms with van der Waals surface area (Å²) < 4.78 is 31.1. The van der Waals surface area contributed by atoms with Crippen molar-refractivity contribution in [1.82, 2.24) is 9.29 Å². The normalized spacial score (nSPS) is 19.0. The molecule has 1 amide bonds. The maximum Gasteiger partial charge on any atom is 0.230 e. The van der Waals surface area contributed by atoms with Gasteiger partial charge in [0.1, 0.15) is 5.75 Å². The summed E-state index contributed by atoms with van der Waals surface area (Å²) in [5.74, 6) is 0.236. The largest absolute Gasteiger partial charge is 0.494 e. The van der Waals surface area contributed by atoms with E-state index in [1.54, 1.807) is 0 Å². The van der Waals surface area contributed by atoms with Crippen molar-refractivity contribution in [2.24, 2.45) is 5.92 Å². The summed E-state index contributed by atoms with van der Waals surface area (Å²) in [6, 6.07) is 5.61. The summed E-state index contributed by atoms with van der Waals surface area (Å²) in [7, 11) is -3.27. The number of nitrogens with one attached hydrogen (secondary N) is 1. The van der Waals surface area contributed by atoms with Gasteiger partial charge in [-0.3, -0.25) is 4.79 Å². The summed E-state index contributed by atoms with van der Waals surface area (Å²) in [6.45, 7) is 3.22. The van der Waals surface area contributed by atoms with Gasteiger partial charge in [0.05, 0.1) is 29.0 Å². The molecule has 0 radical (unpaired) electrons. The third kappa shape index (κ3) is 4.28. The Morgan fingerprint density at radius 3 is 3.00 bits per heavy atom. The van der Waals surface area contributed by atoms with Gasteiger partial charge in [-0.05, 0) is 38.0 Å². The van der Waals surface area contributed by atoms with Gasteiger partial charge >= 0.3 is 0 Å².